The molecule has 3 aromatic carbocycles. The van der Waals surface area contributed by atoms with Gasteiger partial charge in [0.25, 0.3) is 5.91 Å². The van der Waals surface area contributed by atoms with Crippen LogP contribution >= 0.6 is 0 Å². The molecule has 1 fully saturated rings. The summed E-state index contributed by atoms with van der Waals surface area (Å²) in [6, 6.07) is 24.5. The highest BCUT2D eigenvalue weighted by Gasteiger charge is 2.44. The molecule has 0 atom stereocenters. The number of fused-ring (bicyclic) bond motifs is 1. The summed E-state index contributed by atoms with van der Waals surface area (Å²) in [5.41, 5.74) is 1.53. The van der Waals surface area contributed by atoms with Crippen LogP contribution in [-0.2, 0) is 4.79 Å². The zero-order valence-electron chi connectivity index (χ0n) is 18.6. The predicted molar refractivity (Wildman–Crippen MR) is 126 cm³/mol. The largest absolute Gasteiger partial charge is 0.497 e. The predicted octanol–water partition coefficient (Wildman–Crippen LogP) is 4.82. The van der Waals surface area contributed by atoms with E-state index in [1.54, 1.807) is 24.1 Å². The fourth-order valence-electron chi connectivity index (χ4n) is 4.68. The maximum Gasteiger partial charge on any atom is 0.253 e. The van der Waals surface area contributed by atoms with Crippen LogP contribution in [0.5, 0.6) is 11.5 Å². The molecular weight excluding hydrogens is 416 g/mol. The van der Waals surface area contributed by atoms with Crippen LogP contribution in [-0.4, -0.2) is 42.5 Å². The molecule has 0 N–H and O–H groups in total. The first-order valence-corrected chi connectivity index (χ1v) is 11.2. The maximum absolute atomic E-state index is 13.5. The van der Waals surface area contributed by atoms with Crippen LogP contribution < -0.4 is 14.4 Å². The van der Waals surface area contributed by atoms with Gasteiger partial charge in [-0.05, 0) is 42.5 Å². The smallest absolute Gasteiger partial charge is 0.253 e. The number of hydrogen-bond donors (Lipinski definition) is 0. The van der Waals surface area contributed by atoms with Crippen LogP contribution in [0.3, 0.4) is 0 Å². The zero-order valence-corrected chi connectivity index (χ0v) is 18.6. The number of benzene rings is 3. The Morgan fingerprint density at radius 3 is 2.42 bits per heavy atom. The van der Waals surface area contributed by atoms with E-state index in [4.69, 9.17) is 9.47 Å². The average Bonchev–Trinajstić information content (AvgIpc) is 2.97. The second kappa shape index (κ2) is 8.62. The van der Waals surface area contributed by atoms with Crippen molar-refractivity contribution in [2.24, 2.45) is 0 Å². The quantitative estimate of drug-likeness (QED) is 0.584. The summed E-state index contributed by atoms with van der Waals surface area (Å²) in [7, 11) is 1.59. The van der Waals surface area contributed by atoms with E-state index in [-0.39, 0.29) is 18.2 Å². The van der Waals surface area contributed by atoms with Gasteiger partial charge in [-0.15, -0.1) is 0 Å². The molecular formula is C27H26N2O4. The lowest BCUT2D eigenvalue weighted by atomic mass is 9.87. The Labute approximate surface area is 193 Å². The molecule has 0 aromatic heterocycles. The number of piperidine rings is 1. The van der Waals surface area contributed by atoms with E-state index < -0.39 is 5.60 Å². The second-order valence-electron chi connectivity index (χ2n) is 8.52. The van der Waals surface area contributed by atoms with Gasteiger partial charge in [-0.3, -0.25) is 14.5 Å². The van der Waals surface area contributed by atoms with Crippen LogP contribution in [0.15, 0.2) is 78.9 Å². The number of methoxy groups -OCH3 is 1. The van der Waals surface area contributed by atoms with E-state index in [1.165, 1.54) is 0 Å². The van der Waals surface area contributed by atoms with Gasteiger partial charge in [-0.1, -0.05) is 36.4 Å². The summed E-state index contributed by atoms with van der Waals surface area (Å²) >= 11 is 0. The van der Waals surface area contributed by atoms with Crippen molar-refractivity contribution in [3.05, 3.63) is 84.4 Å². The molecule has 2 aliphatic heterocycles. The lowest BCUT2D eigenvalue weighted by Crippen LogP contribution is -2.51. The molecule has 3 aromatic rings. The number of hydrogen-bond acceptors (Lipinski definition) is 4. The van der Waals surface area contributed by atoms with Crippen LogP contribution in [0.25, 0.3) is 0 Å². The van der Waals surface area contributed by atoms with Crippen molar-refractivity contribution in [1.82, 2.24) is 4.90 Å². The number of rotatable bonds is 3. The minimum absolute atomic E-state index is 0.00118. The van der Waals surface area contributed by atoms with Crippen molar-refractivity contribution in [2.75, 3.05) is 25.1 Å². The van der Waals surface area contributed by atoms with Gasteiger partial charge in [0.05, 0.1) is 19.2 Å². The zero-order chi connectivity index (χ0) is 22.8. The summed E-state index contributed by atoms with van der Waals surface area (Å²) in [5.74, 6) is 1.32. The van der Waals surface area contributed by atoms with Crippen molar-refractivity contribution in [1.29, 1.82) is 0 Å². The summed E-state index contributed by atoms with van der Waals surface area (Å²) in [6.07, 6.45) is 1.44. The van der Waals surface area contributed by atoms with E-state index in [0.29, 0.717) is 43.0 Å². The molecule has 2 amide bonds. The van der Waals surface area contributed by atoms with Gasteiger partial charge in [0.2, 0.25) is 5.91 Å². The Bertz CT molecular complexity index is 1170. The fraction of sp³-hybridized carbons (Fsp3) is 0.259. The minimum atomic E-state index is -0.637. The van der Waals surface area contributed by atoms with Crippen LogP contribution in [0.2, 0.25) is 0 Å². The summed E-state index contributed by atoms with van der Waals surface area (Å²) in [4.78, 5) is 30.2. The molecule has 0 bridgehead atoms. The molecule has 2 aliphatic rings. The number of carbonyl (C=O) groups is 2. The third-order valence-electron chi connectivity index (χ3n) is 6.45. The molecule has 2 heterocycles. The Hall–Kier alpha value is -3.80. The maximum atomic E-state index is 13.5. The molecule has 168 valence electrons. The summed E-state index contributed by atoms with van der Waals surface area (Å²) < 4.78 is 11.8. The topological polar surface area (TPSA) is 59.1 Å². The molecule has 6 nitrogen and oxygen atoms in total. The molecule has 1 spiro atoms. The number of nitrogens with zero attached hydrogens (tertiary/aromatic N) is 2. The molecule has 0 saturated carbocycles. The van der Waals surface area contributed by atoms with Crippen molar-refractivity contribution in [3.8, 4) is 11.5 Å². The van der Waals surface area contributed by atoms with Gasteiger partial charge in [0.1, 0.15) is 17.1 Å². The molecule has 33 heavy (non-hydrogen) atoms. The molecule has 1 saturated heterocycles. The van der Waals surface area contributed by atoms with Crippen LogP contribution in [0, 0.1) is 0 Å². The van der Waals surface area contributed by atoms with Crippen molar-refractivity contribution in [3.63, 3.8) is 0 Å². The Kier molecular flexibility index (Phi) is 5.50. The van der Waals surface area contributed by atoms with E-state index in [2.05, 4.69) is 0 Å². The highest BCUT2D eigenvalue weighted by molar-refractivity contribution is 6.03. The number of ether oxygens (including phenoxy) is 2. The van der Waals surface area contributed by atoms with E-state index in [0.717, 1.165) is 11.4 Å². The lowest BCUT2D eigenvalue weighted by molar-refractivity contribution is -0.122. The molecule has 0 aliphatic carbocycles. The lowest BCUT2D eigenvalue weighted by Gasteiger charge is -2.40. The van der Waals surface area contributed by atoms with Crippen molar-refractivity contribution >= 4 is 23.2 Å². The monoisotopic (exact) mass is 442 g/mol. The first-order chi connectivity index (χ1) is 16.1. The normalized spacial score (nSPS) is 17.2. The number of likely N-dealkylation sites (tertiary alicyclic amines) is 1. The first kappa shape index (κ1) is 21.1. The SMILES string of the molecule is COc1cccc(C(=O)N2CCC3(CC2)CC(=O)N(c2ccccc2)c2ccccc2O3)c1. The van der Waals surface area contributed by atoms with Gasteiger partial charge in [-0.2, -0.15) is 0 Å². The Morgan fingerprint density at radius 2 is 1.67 bits per heavy atom. The molecule has 0 unspecified atom stereocenters. The molecule has 5 rings (SSSR count). The number of carbonyl (C=O) groups excluding carboxylic acids is 2. The minimum Gasteiger partial charge on any atom is -0.497 e. The number of amides is 2. The van der Waals surface area contributed by atoms with Crippen LogP contribution in [0.4, 0.5) is 11.4 Å². The van der Waals surface area contributed by atoms with Crippen molar-refractivity contribution < 1.29 is 19.1 Å². The average molecular weight is 443 g/mol. The third kappa shape index (κ3) is 4.04. The van der Waals surface area contributed by atoms with Gasteiger partial charge < -0.3 is 14.4 Å². The van der Waals surface area contributed by atoms with E-state index >= 15 is 0 Å². The third-order valence-corrected chi connectivity index (χ3v) is 6.45. The van der Waals surface area contributed by atoms with Gasteiger partial charge in [0.15, 0.2) is 0 Å². The Morgan fingerprint density at radius 1 is 0.939 bits per heavy atom. The van der Waals surface area contributed by atoms with Crippen molar-refractivity contribution in [2.45, 2.75) is 24.9 Å². The molecule has 6 heteroatoms. The number of para-hydroxylation sites is 3. The highest BCUT2D eigenvalue weighted by atomic mass is 16.5. The van der Waals surface area contributed by atoms with E-state index in [1.807, 2.05) is 71.6 Å². The Balaban J connectivity index is 1.39. The van der Waals surface area contributed by atoms with Gasteiger partial charge >= 0.3 is 0 Å². The first-order valence-electron chi connectivity index (χ1n) is 11.2. The summed E-state index contributed by atoms with van der Waals surface area (Å²) in [6.45, 7) is 1.05. The summed E-state index contributed by atoms with van der Waals surface area (Å²) in [5, 5.41) is 0. The van der Waals surface area contributed by atoms with Crippen LogP contribution in [0.1, 0.15) is 29.6 Å². The number of anilines is 2. The standard InChI is InChI=1S/C27H26N2O4/c1-32-22-11-7-8-20(18-22)26(31)28-16-14-27(15-17-28)19-25(30)29(21-9-3-2-4-10-21)23-12-5-6-13-24(23)33-27/h2-13,18H,14-17,19H2,1H3. The molecule has 0 radical (unpaired) electrons. The van der Waals surface area contributed by atoms with Gasteiger partial charge in [0, 0.05) is 37.2 Å². The second-order valence-corrected chi connectivity index (χ2v) is 8.52. The van der Waals surface area contributed by atoms with Gasteiger partial charge in [-0.25, -0.2) is 0 Å². The van der Waals surface area contributed by atoms with E-state index in [9.17, 15) is 9.59 Å². The highest BCUT2D eigenvalue weighted by Crippen LogP contribution is 2.43. The fourth-order valence-corrected chi connectivity index (χ4v) is 4.68.